The van der Waals surface area contributed by atoms with Crippen molar-refractivity contribution in [1.82, 2.24) is 0 Å². The normalized spacial score (nSPS) is 10.6. The van der Waals surface area contributed by atoms with Crippen molar-refractivity contribution in [2.24, 2.45) is 11.8 Å². The molecule has 27 heavy (non-hydrogen) atoms. The van der Waals surface area contributed by atoms with Gasteiger partial charge in [-0.25, -0.2) is 0 Å². The Bertz CT molecular complexity index is 396. The lowest BCUT2D eigenvalue weighted by Gasteiger charge is -2.15. The zero-order valence-corrected chi connectivity index (χ0v) is 16.7. The average Bonchev–Trinajstić information content (AvgIpc) is 2.61. The van der Waals surface area contributed by atoms with Crippen molar-refractivity contribution < 1.29 is 38.1 Å². The molecule has 0 fully saturated rings. The van der Waals surface area contributed by atoms with Gasteiger partial charge in [0.2, 0.25) is 0 Å². The summed E-state index contributed by atoms with van der Waals surface area (Å²) in [5.74, 6) is -4.40. The van der Waals surface area contributed by atoms with Crippen molar-refractivity contribution in [2.75, 3.05) is 26.4 Å². The van der Waals surface area contributed by atoms with Crippen molar-refractivity contribution >= 4 is 23.9 Å². The second kappa shape index (κ2) is 15.0. The quantitative estimate of drug-likeness (QED) is 0.193. The summed E-state index contributed by atoms with van der Waals surface area (Å²) in [6.07, 6.45) is 3.15. The fourth-order valence-corrected chi connectivity index (χ4v) is 2.35. The summed E-state index contributed by atoms with van der Waals surface area (Å²) in [7, 11) is 0. The van der Waals surface area contributed by atoms with E-state index < -0.39 is 35.7 Å². The maximum absolute atomic E-state index is 11.9. The van der Waals surface area contributed by atoms with Gasteiger partial charge in [0.05, 0.1) is 26.4 Å². The summed E-state index contributed by atoms with van der Waals surface area (Å²) in [5.41, 5.74) is 0. The lowest BCUT2D eigenvalue weighted by atomic mass is 9.97. The number of esters is 4. The molecule has 0 bridgehead atoms. The molecule has 1 radical (unpaired) electrons. The first-order valence-electron chi connectivity index (χ1n) is 9.40. The summed E-state index contributed by atoms with van der Waals surface area (Å²) in [6, 6.07) is 0. The zero-order chi connectivity index (χ0) is 20.7. The van der Waals surface area contributed by atoms with Crippen LogP contribution in [0.5, 0.6) is 0 Å². The largest absolute Gasteiger partial charge is 0.465 e. The molecule has 0 unspecified atom stereocenters. The van der Waals surface area contributed by atoms with Crippen molar-refractivity contribution in [3.8, 4) is 0 Å². The molecule has 0 amide bonds. The number of hydrogen-bond donors (Lipinski definition) is 0. The van der Waals surface area contributed by atoms with E-state index in [1.165, 1.54) is 0 Å². The van der Waals surface area contributed by atoms with Crippen LogP contribution in [-0.2, 0) is 38.1 Å². The average molecular weight is 387 g/mol. The van der Waals surface area contributed by atoms with Crippen LogP contribution in [0.4, 0.5) is 0 Å². The fraction of sp³-hybridized carbons (Fsp3) is 0.737. The van der Waals surface area contributed by atoms with Gasteiger partial charge in [-0.3, -0.25) is 19.2 Å². The van der Waals surface area contributed by atoms with Gasteiger partial charge in [-0.1, -0.05) is 0 Å². The van der Waals surface area contributed by atoms with Crippen LogP contribution in [0.2, 0.25) is 0 Å². The lowest BCUT2D eigenvalue weighted by Crippen LogP contribution is -2.28. The first kappa shape index (κ1) is 24.9. The number of carbonyl (C=O) groups excluding carboxylic acids is 4. The van der Waals surface area contributed by atoms with Gasteiger partial charge in [-0.15, -0.1) is 0 Å². The summed E-state index contributed by atoms with van der Waals surface area (Å²) in [4.78, 5) is 47.6. The van der Waals surface area contributed by atoms with Gasteiger partial charge in [-0.05, 0) is 59.8 Å². The Balaban J connectivity index is 4.53. The molecule has 0 aromatic heterocycles. The minimum absolute atomic E-state index is 0.180. The van der Waals surface area contributed by atoms with E-state index in [-0.39, 0.29) is 39.3 Å². The van der Waals surface area contributed by atoms with E-state index >= 15 is 0 Å². The molecule has 0 saturated heterocycles. The molecule has 0 atom stereocenters. The van der Waals surface area contributed by atoms with Crippen LogP contribution in [0.15, 0.2) is 0 Å². The van der Waals surface area contributed by atoms with Gasteiger partial charge in [0, 0.05) is 0 Å². The number of unbranched alkanes of at least 4 members (excludes halogenated alkanes) is 2. The van der Waals surface area contributed by atoms with Gasteiger partial charge < -0.3 is 18.9 Å². The summed E-state index contributed by atoms with van der Waals surface area (Å²) in [5, 5.41) is 0. The molecular formula is C19H31O8. The number of rotatable bonds is 14. The molecular weight excluding hydrogens is 356 g/mol. The van der Waals surface area contributed by atoms with Gasteiger partial charge in [0.1, 0.15) is 0 Å². The minimum Gasteiger partial charge on any atom is -0.465 e. The number of carbonyl (C=O) groups is 4. The standard InChI is InChI=1S/C19H31O8/c1-5-24-16(20)14(17(21)25-6-2)12-10-9-11-13-15(18(22)26-7-3)19(23)27-8-4/h9,14-15H,5-8,10-13H2,1-4H3. The number of ether oxygens (including phenoxy) is 4. The monoisotopic (exact) mass is 387 g/mol. The van der Waals surface area contributed by atoms with Crippen LogP contribution < -0.4 is 0 Å². The second-order valence-electron chi connectivity index (χ2n) is 5.56. The lowest BCUT2D eigenvalue weighted by molar-refractivity contribution is -0.163. The highest BCUT2D eigenvalue weighted by atomic mass is 16.6. The molecule has 8 nitrogen and oxygen atoms in total. The van der Waals surface area contributed by atoms with Crippen LogP contribution in [0.3, 0.4) is 0 Å². The Morgan fingerprint density at radius 2 is 0.852 bits per heavy atom. The number of hydrogen-bond acceptors (Lipinski definition) is 8. The van der Waals surface area contributed by atoms with Crippen LogP contribution in [0.1, 0.15) is 53.4 Å². The fourth-order valence-electron chi connectivity index (χ4n) is 2.35. The highest BCUT2D eigenvalue weighted by Crippen LogP contribution is 2.18. The Labute approximate surface area is 160 Å². The third kappa shape index (κ3) is 9.96. The topological polar surface area (TPSA) is 105 Å². The highest BCUT2D eigenvalue weighted by Gasteiger charge is 2.30. The molecule has 0 aliphatic heterocycles. The molecule has 0 aliphatic rings. The maximum Gasteiger partial charge on any atom is 0.320 e. The molecule has 155 valence electrons. The Hall–Kier alpha value is -2.12. The van der Waals surface area contributed by atoms with E-state index in [1.807, 2.05) is 6.42 Å². The Kier molecular flexibility index (Phi) is 13.8. The van der Waals surface area contributed by atoms with Crippen molar-refractivity contribution in [1.29, 1.82) is 0 Å². The third-order valence-corrected chi connectivity index (χ3v) is 3.60. The zero-order valence-electron chi connectivity index (χ0n) is 16.7. The molecule has 0 N–H and O–H groups in total. The third-order valence-electron chi connectivity index (χ3n) is 3.60. The minimum atomic E-state index is -0.980. The van der Waals surface area contributed by atoms with Crippen molar-refractivity contribution in [3.63, 3.8) is 0 Å². The molecule has 0 heterocycles. The SMILES string of the molecule is CCOC(=O)C(CC[CH]CCC(C(=O)OCC)C(=O)OCC)C(=O)OCC. The van der Waals surface area contributed by atoms with Gasteiger partial charge in [0.15, 0.2) is 11.8 Å². The van der Waals surface area contributed by atoms with Gasteiger partial charge in [0.25, 0.3) is 0 Å². The first-order valence-corrected chi connectivity index (χ1v) is 9.40. The second-order valence-corrected chi connectivity index (χ2v) is 5.56. The molecule has 0 aromatic rings. The van der Waals surface area contributed by atoms with E-state index in [0.29, 0.717) is 12.8 Å². The van der Waals surface area contributed by atoms with Crippen LogP contribution >= 0.6 is 0 Å². The molecule has 0 aliphatic carbocycles. The van der Waals surface area contributed by atoms with E-state index in [4.69, 9.17) is 18.9 Å². The first-order chi connectivity index (χ1) is 12.9. The smallest absolute Gasteiger partial charge is 0.320 e. The molecule has 0 spiro atoms. The highest BCUT2D eigenvalue weighted by molar-refractivity contribution is 5.95. The Morgan fingerprint density at radius 1 is 0.593 bits per heavy atom. The van der Waals surface area contributed by atoms with Crippen molar-refractivity contribution in [2.45, 2.75) is 53.4 Å². The molecule has 0 aromatic carbocycles. The predicted molar refractivity (Wildman–Crippen MR) is 96.3 cm³/mol. The summed E-state index contributed by atoms with van der Waals surface area (Å²) >= 11 is 0. The van der Waals surface area contributed by atoms with Crippen molar-refractivity contribution in [3.05, 3.63) is 6.42 Å². The van der Waals surface area contributed by atoms with Crippen LogP contribution in [-0.4, -0.2) is 50.3 Å². The van der Waals surface area contributed by atoms with Gasteiger partial charge in [-0.2, -0.15) is 0 Å². The predicted octanol–water partition coefficient (Wildman–Crippen LogP) is 2.24. The molecule has 0 saturated carbocycles. The van der Waals surface area contributed by atoms with Crippen LogP contribution in [0, 0.1) is 18.3 Å². The van der Waals surface area contributed by atoms with E-state index in [2.05, 4.69) is 0 Å². The summed E-state index contributed by atoms with van der Waals surface area (Å²) < 4.78 is 19.6. The maximum atomic E-state index is 11.9. The molecule has 8 heteroatoms. The summed E-state index contributed by atoms with van der Waals surface area (Å²) in [6.45, 7) is 7.37. The van der Waals surface area contributed by atoms with E-state index in [1.54, 1.807) is 27.7 Å². The molecule has 0 rings (SSSR count). The Morgan fingerprint density at radius 3 is 1.07 bits per heavy atom. The van der Waals surface area contributed by atoms with Gasteiger partial charge >= 0.3 is 23.9 Å². The van der Waals surface area contributed by atoms with E-state index in [0.717, 1.165) is 0 Å². The van der Waals surface area contributed by atoms with E-state index in [9.17, 15) is 19.2 Å². The van der Waals surface area contributed by atoms with Crippen LogP contribution in [0.25, 0.3) is 0 Å².